The van der Waals surface area contributed by atoms with Crippen LogP contribution in [-0.2, 0) is 19.4 Å². The summed E-state index contributed by atoms with van der Waals surface area (Å²) < 4.78 is 0. The molecule has 2 aromatic rings. The molecule has 0 spiro atoms. The second kappa shape index (κ2) is 5.06. The molecule has 0 radical (unpaired) electrons. The lowest BCUT2D eigenvalue weighted by Crippen LogP contribution is -2.00. The Morgan fingerprint density at radius 1 is 1.26 bits per heavy atom. The summed E-state index contributed by atoms with van der Waals surface area (Å²) in [7, 11) is 0. The van der Waals surface area contributed by atoms with Crippen LogP contribution in [0.3, 0.4) is 0 Å². The number of thiazole rings is 1. The maximum absolute atomic E-state index is 5.86. The van der Waals surface area contributed by atoms with Crippen LogP contribution in [0.2, 0.25) is 0 Å². The van der Waals surface area contributed by atoms with Gasteiger partial charge in [0.05, 0.1) is 10.7 Å². The van der Waals surface area contributed by atoms with E-state index in [2.05, 4.69) is 38.1 Å². The number of benzene rings is 1. The predicted octanol–water partition coefficient (Wildman–Crippen LogP) is 3.61. The molecule has 3 rings (SSSR count). The minimum absolute atomic E-state index is 0.465. The van der Waals surface area contributed by atoms with Gasteiger partial charge in [-0.3, -0.25) is 0 Å². The summed E-state index contributed by atoms with van der Waals surface area (Å²) in [5.74, 6) is 1.02. The van der Waals surface area contributed by atoms with Gasteiger partial charge in [-0.25, -0.2) is 4.98 Å². The molecule has 19 heavy (non-hydrogen) atoms. The third kappa shape index (κ3) is 2.33. The zero-order valence-corrected chi connectivity index (χ0v) is 12.3. The van der Waals surface area contributed by atoms with Crippen molar-refractivity contribution in [1.82, 2.24) is 4.98 Å². The number of hydrogen-bond acceptors (Lipinski definition) is 3. The Bertz CT molecular complexity index is 561. The Hall–Kier alpha value is -1.19. The molecular weight excluding hydrogens is 252 g/mol. The topological polar surface area (TPSA) is 38.9 Å². The van der Waals surface area contributed by atoms with Crippen LogP contribution in [0.15, 0.2) is 24.3 Å². The van der Waals surface area contributed by atoms with Crippen molar-refractivity contribution in [2.45, 2.75) is 45.1 Å². The highest BCUT2D eigenvalue weighted by atomic mass is 32.1. The summed E-state index contributed by atoms with van der Waals surface area (Å²) >= 11 is 1.82. The third-order valence-corrected chi connectivity index (χ3v) is 5.13. The van der Waals surface area contributed by atoms with Crippen molar-refractivity contribution in [3.63, 3.8) is 0 Å². The molecule has 1 aromatic heterocycles. The average molecular weight is 272 g/mol. The number of nitrogens with zero attached hydrogens (tertiary/aromatic N) is 1. The first-order chi connectivity index (χ1) is 9.19. The van der Waals surface area contributed by atoms with Crippen LogP contribution in [0.1, 0.15) is 52.4 Å². The Kier molecular flexibility index (Phi) is 3.42. The van der Waals surface area contributed by atoms with Crippen LogP contribution in [0, 0.1) is 0 Å². The highest BCUT2D eigenvalue weighted by Crippen LogP contribution is 2.37. The number of fused-ring (bicyclic) bond motifs is 1. The average Bonchev–Trinajstić information content (AvgIpc) is 3.02. The van der Waals surface area contributed by atoms with Crippen LogP contribution in [0.4, 0.5) is 0 Å². The maximum Gasteiger partial charge on any atom is 0.0969 e. The molecule has 0 atom stereocenters. The molecule has 0 aliphatic heterocycles. The standard InChI is InChI=1S/C16H20N2S/c1-10(2)15-14(9-17)19-16(18-15)13-7-11-5-3-4-6-12(11)8-13/h3-6,10,13H,7-9,17H2,1-2H3. The van der Waals surface area contributed by atoms with Gasteiger partial charge in [-0.1, -0.05) is 38.1 Å². The molecule has 0 unspecified atom stereocenters. The predicted molar refractivity (Wildman–Crippen MR) is 80.7 cm³/mol. The largest absolute Gasteiger partial charge is 0.326 e. The first kappa shape index (κ1) is 12.8. The molecule has 0 saturated heterocycles. The molecule has 0 fully saturated rings. The Morgan fingerprint density at radius 2 is 1.89 bits per heavy atom. The summed E-state index contributed by atoms with van der Waals surface area (Å²) in [5.41, 5.74) is 10.0. The molecule has 100 valence electrons. The summed E-state index contributed by atoms with van der Waals surface area (Å²) in [6, 6.07) is 8.76. The van der Waals surface area contributed by atoms with Crippen molar-refractivity contribution in [3.05, 3.63) is 51.0 Å². The molecule has 1 aromatic carbocycles. The van der Waals surface area contributed by atoms with E-state index in [1.807, 2.05) is 11.3 Å². The van der Waals surface area contributed by atoms with Crippen LogP contribution >= 0.6 is 11.3 Å². The third-order valence-electron chi connectivity index (χ3n) is 3.88. The minimum Gasteiger partial charge on any atom is -0.326 e. The van der Waals surface area contributed by atoms with Gasteiger partial charge in [-0.05, 0) is 29.9 Å². The summed E-state index contributed by atoms with van der Waals surface area (Å²) in [5, 5.41) is 1.28. The van der Waals surface area contributed by atoms with E-state index < -0.39 is 0 Å². The fraction of sp³-hybridized carbons (Fsp3) is 0.438. The van der Waals surface area contributed by atoms with Crippen molar-refractivity contribution >= 4 is 11.3 Å². The molecule has 0 amide bonds. The second-order valence-corrected chi connectivity index (χ2v) is 6.71. The fourth-order valence-electron chi connectivity index (χ4n) is 2.89. The van der Waals surface area contributed by atoms with E-state index in [9.17, 15) is 0 Å². The van der Waals surface area contributed by atoms with Gasteiger partial charge >= 0.3 is 0 Å². The lowest BCUT2D eigenvalue weighted by atomic mass is 10.1. The molecule has 2 N–H and O–H groups in total. The monoisotopic (exact) mass is 272 g/mol. The van der Waals surface area contributed by atoms with E-state index in [1.54, 1.807) is 0 Å². The Balaban J connectivity index is 1.89. The Morgan fingerprint density at radius 3 is 2.37 bits per heavy atom. The van der Waals surface area contributed by atoms with Crippen molar-refractivity contribution in [1.29, 1.82) is 0 Å². The normalized spacial score (nSPS) is 15.2. The van der Waals surface area contributed by atoms with E-state index in [0.717, 1.165) is 12.8 Å². The van der Waals surface area contributed by atoms with E-state index in [4.69, 9.17) is 10.7 Å². The zero-order chi connectivity index (χ0) is 13.4. The van der Waals surface area contributed by atoms with Crippen LogP contribution in [0.5, 0.6) is 0 Å². The van der Waals surface area contributed by atoms with Gasteiger partial charge in [0.1, 0.15) is 0 Å². The first-order valence-corrected chi connectivity index (χ1v) is 7.77. The van der Waals surface area contributed by atoms with Gasteiger partial charge in [-0.2, -0.15) is 0 Å². The maximum atomic E-state index is 5.86. The smallest absolute Gasteiger partial charge is 0.0969 e. The first-order valence-electron chi connectivity index (χ1n) is 6.95. The minimum atomic E-state index is 0.465. The Labute approximate surface area is 118 Å². The van der Waals surface area contributed by atoms with E-state index in [1.165, 1.54) is 26.7 Å². The van der Waals surface area contributed by atoms with E-state index in [-0.39, 0.29) is 0 Å². The molecule has 1 aliphatic rings. The van der Waals surface area contributed by atoms with Crippen LogP contribution in [-0.4, -0.2) is 4.98 Å². The zero-order valence-electron chi connectivity index (χ0n) is 11.5. The summed E-state index contributed by atoms with van der Waals surface area (Å²) in [6.45, 7) is 5.01. The molecule has 0 bridgehead atoms. The summed E-state index contributed by atoms with van der Waals surface area (Å²) in [6.07, 6.45) is 2.26. The lowest BCUT2D eigenvalue weighted by Gasteiger charge is -2.04. The highest BCUT2D eigenvalue weighted by molar-refractivity contribution is 7.11. The van der Waals surface area contributed by atoms with Crippen molar-refractivity contribution in [2.24, 2.45) is 5.73 Å². The second-order valence-electron chi connectivity index (χ2n) is 5.59. The summed E-state index contributed by atoms with van der Waals surface area (Å²) in [4.78, 5) is 6.15. The highest BCUT2D eigenvalue weighted by Gasteiger charge is 2.26. The number of nitrogens with two attached hydrogens (primary N) is 1. The fourth-order valence-corrected chi connectivity index (χ4v) is 4.09. The molecule has 1 heterocycles. The van der Waals surface area contributed by atoms with Crippen LogP contribution < -0.4 is 5.73 Å². The lowest BCUT2D eigenvalue weighted by molar-refractivity contribution is 0.718. The molecule has 2 nitrogen and oxygen atoms in total. The van der Waals surface area contributed by atoms with Crippen molar-refractivity contribution < 1.29 is 0 Å². The van der Waals surface area contributed by atoms with Crippen LogP contribution in [0.25, 0.3) is 0 Å². The van der Waals surface area contributed by atoms with Gasteiger partial charge in [0.15, 0.2) is 0 Å². The van der Waals surface area contributed by atoms with Crippen molar-refractivity contribution in [2.75, 3.05) is 0 Å². The van der Waals surface area contributed by atoms with Gasteiger partial charge in [0.2, 0.25) is 0 Å². The molecule has 1 aliphatic carbocycles. The van der Waals surface area contributed by atoms with Gasteiger partial charge in [-0.15, -0.1) is 11.3 Å². The van der Waals surface area contributed by atoms with E-state index >= 15 is 0 Å². The van der Waals surface area contributed by atoms with Gasteiger partial charge in [0, 0.05) is 17.3 Å². The SMILES string of the molecule is CC(C)c1nc(C2Cc3ccccc3C2)sc1CN. The van der Waals surface area contributed by atoms with Gasteiger partial charge in [0.25, 0.3) is 0 Å². The molecule has 3 heteroatoms. The van der Waals surface area contributed by atoms with Crippen molar-refractivity contribution in [3.8, 4) is 0 Å². The molecular formula is C16H20N2S. The quantitative estimate of drug-likeness (QED) is 0.927. The number of aromatic nitrogens is 1. The number of rotatable bonds is 3. The van der Waals surface area contributed by atoms with E-state index in [0.29, 0.717) is 18.4 Å². The molecule has 0 saturated carbocycles. The number of hydrogen-bond donors (Lipinski definition) is 1. The van der Waals surface area contributed by atoms with Gasteiger partial charge < -0.3 is 5.73 Å².